The van der Waals surface area contributed by atoms with Crippen LogP contribution >= 0.6 is 42.4 Å². The molecule has 0 aromatic rings. The molecule has 12 heteroatoms. The molecule has 0 aromatic carbocycles. The van der Waals surface area contributed by atoms with E-state index in [2.05, 4.69) is 22.3 Å². The minimum Gasteiger partial charge on any atom is -0.354 e. The molecular formula is C19H36N3O5PS3. The fraction of sp³-hybridized carbons (Fsp3) is 0.789. The van der Waals surface area contributed by atoms with Gasteiger partial charge in [0.1, 0.15) is 6.73 Å². The Hall–Kier alpha value is -0.480. The quantitative estimate of drug-likeness (QED) is 0.0903. The van der Waals surface area contributed by atoms with Gasteiger partial charge in [-0.2, -0.15) is 11.8 Å². The number of nitrogens with zero attached hydrogens (tertiary/aromatic N) is 1. The summed E-state index contributed by atoms with van der Waals surface area (Å²) in [6.45, 7) is 8.09. The number of rotatable bonds is 17. The summed E-state index contributed by atoms with van der Waals surface area (Å²) < 4.78 is 5.66. The molecule has 2 N–H and O–H groups in total. The van der Waals surface area contributed by atoms with Crippen LogP contribution in [-0.4, -0.2) is 78.9 Å². The van der Waals surface area contributed by atoms with E-state index >= 15 is 0 Å². The number of carbonyl (C=O) groups is 4. The Balaban J connectivity index is 4.32. The van der Waals surface area contributed by atoms with Crippen molar-refractivity contribution in [2.24, 2.45) is 5.41 Å². The van der Waals surface area contributed by atoms with E-state index in [-0.39, 0.29) is 42.8 Å². The van der Waals surface area contributed by atoms with Gasteiger partial charge < -0.3 is 15.2 Å². The number of amides is 4. The Morgan fingerprint density at radius 1 is 1.29 bits per heavy atom. The summed E-state index contributed by atoms with van der Waals surface area (Å²) in [4.78, 5) is 48.8. The average Bonchev–Trinajstić information content (AvgIpc) is 2.74. The summed E-state index contributed by atoms with van der Waals surface area (Å²) in [5.74, 6) is 0.206. The normalized spacial score (nSPS) is 13.2. The highest BCUT2D eigenvalue weighted by Gasteiger charge is 2.28. The molecule has 2 atom stereocenters. The zero-order valence-electron chi connectivity index (χ0n) is 19.0. The van der Waals surface area contributed by atoms with Crippen LogP contribution < -0.4 is 10.6 Å². The van der Waals surface area contributed by atoms with Crippen molar-refractivity contribution in [2.75, 3.05) is 44.7 Å². The smallest absolute Gasteiger partial charge is 0.242 e. The highest BCUT2D eigenvalue weighted by molar-refractivity contribution is 8.68. The van der Waals surface area contributed by atoms with Crippen molar-refractivity contribution in [3.63, 3.8) is 0 Å². The predicted octanol–water partition coefficient (Wildman–Crippen LogP) is 2.73. The van der Waals surface area contributed by atoms with Gasteiger partial charge in [-0.3, -0.25) is 24.1 Å². The zero-order valence-corrected chi connectivity index (χ0v) is 22.4. The highest BCUT2D eigenvalue weighted by atomic mass is 33.1. The lowest BCUT2D eigenvalue weighted by Gasteiger charge is -2.26. The number of thioether (sulfide) groups is 1. The molecule has 0 aromatic heterocycles. The fourth-order valence-corrected chi connectivity index (χ4v) is 4.94. The molecule has 0 fully saturated rings. The Bertz CT molecular complexity index is 580. The number of carbonyl (C=O) groups excluding carboxylic acids is 4. The minimum atomic E-state index is -0.776. The SMILES string of the molecule is CCC(SC)C(=O)N(C=O)CCNC(=O)C(C)(C)CCP(C)OCNC(=O)CCSS. The number of hydrogen-bond acceptors (Lipinski definition) is 8. The third-order valence-electron chi connectivity index (χ3n) is 4.62. The molecule has 8 nitrogen and oxygen atoms in total. The van der Waals surface area contributed by atoms with E-state index in [1.807, 2.05) is 33.7 Å². The maximum atomic E-state index is 12.6. The molecule has 31 heavy (non-hydrogen) atoms. The zero-order chi connectivity index (χ0) is 23.9. The van der Waals surface area contributed by atoms with Crippen molar-refractivity contribution < 1.29 is 23.7 Å². The summed E-state index contributed by atoms with van der Waals surface area (Å²) >= 11 is 5.40. The average molecular weight is 514 g/mol. The lowest BCUT2D eigenvalue weighted by atomic mass is 9.89. The molecule has 2 unspecified atom stereocenters. The van der Waals surface area contributed by atoms with Gasteiger partial charge in [-0.25, -0.2) is 0 Å². The van der Waals surface area contributed by atoms with Crippen molar-refractivity contribution >= 4 is 66.5 Å². The second-order valence-corrected chi connectivity index (χ2v) is 11.9. The predicted molar refractivity (Wildman–Crippen MR) is 135 cm³/mol. The minimum absolute atomic E-state index is 0.0738. The van der Waals surface area contributed by atoms with E-state index in [1.54, 1.807) is 0 Å². The molecular weight excluding hydrogens is 477 g/mol. The van der Waals surface area contributed by atoms with E-state index in [9.17, 15) is 19.2 Å². The number of nitrogens with one attached hydrogen (secondary N) is 2. The van der Waals surface area contributed by atoms with Crippen molar-refractivity contribution in [2.45, 2.75) is 45.3 Å². The van der Waals surface area contributed by atoms with E-state index in [0.29, 0.717) is 37.6 Å². The van der Waals surface area contributed by atoms with Gasteiger partial charge in [0.2, 0.25) is 24.1 Å². The molecule has 0 aliphatic heterocycles. The van der Waals surface area contributed by atoms with Gasteiger partial charge in [0.05, 0.1) is 5.25 Å². The summed E-state index contributed by atoms with van der Waals surface area (Å²) in [6.07, 6.45) is 4.73. The van der Waals surface area contributed by atoms with Crippen LogP contribution in [0.1, 0.15) is 40.0 Å². The maximum absolute atomic E-state index is 12.6. The second-order valence-electron chi connectivity index (χ2n) is 7.47. The molecule has 0 rings (SSSR count). The number of thiol groups is 1. The summed E-state index contributed by atoms with van der Waals surface area (Å²) in [6, 6.07) is 0. The van der Waals surface area contributed by atoms with Crippen LogP contribution in [0.3, 0.4) is 0 Å². The van der Waals surface area contributed by atoms with Gasteiger partial charge in [0.25, 0.3) is 0 Å². The third kappa shape index (κ3) is 13.0. The molecule has 0 aliphatic rings. The Labute approximate surface area is 200 Å². The van der Waals surface area contributed by atoms with Crippen molar-refractivity contribution in [1.82, 2.24) is 15.5 Å². The molecule has 0 bridgehead atoms. The van der Waals surface area contributed by atoms with E-state index in [1.165, 1.54) is 22.6 Å². The topological polar surface area (TPSA) is 105 Å². The summed E-state index contributed by atoms with van der Waals surface area (Å²) in [5, 5.41) is 5.27. The van der Waals surface area contributed by atoms with Crippen LogP contribution in [0.4, 0.5) is 0 Å². The Morgan fingerprint density at radius 2 is 1.97 bits per heavy atom. The first-order chi connectivity index (χ1) is 14.6. The highest BCUT2D eigenvalue weighted by Crippen LogP contribution is 2.36. The first kappa shape index (κ1) is 30.5. The van der Waals surface area contributed by atoms with Crippen molar-refractivity contribution in [3.8, 4) is 0 Å². The van der Waals surface area contributed by atoms with Crippen LogP contribution in [0.25, 0.3) is 0 Å². The van der Waals surface area contributed by atoms with Gasteiger partial charge in [-0.05, 0) is 31.9 Å². The van der Waals surface area contributed by atoms with Crippen LogP contribution in [0.5, 0.6) is 0 Å². The van der Waals surface area contributed by atoms with Gasteiger partial charge in [-0.1, -0.05) is 31.6 Å². The summed E-state index contributed by atoms with van der Waals surface area (Å²) in [5.41, 5.74) is -0.617. The van der Waals surface area contributed by atoms with Gasteiger partial charge >= 0.3 is 0 Å². The van der Waals surface area contributed by atoms with Crippen LogP contribution in [0.2, 0.25) is 0 Å². The lowest BCUT2D eigenvalue weighted by molar-refractivity contribution is -0.138. The molecule has 0 saturated heterocycles. The number of hydrogen-bond donors (Lipinski definition) is 3. The van der Waals surface area contributed by atoms with E-state index in [0.717, 1.165) is 4.90 Å². The van der Waals surface area contributed by atoms with Gasteiger partial charge in [0, 0.05) is 38.8 Å². The largest absolute Gasteiger partial charge is 0.354 e. The van der Waals surface area contributed by atoms with Gasteiger partial charge in [0.15, 0.2) is 0 Å². The monoisotopic (exact) mass is 513 g/mol. The molecule has 180 valence electrons. The molecule has 0 heterocycles. The van der Waals surface area contributed by atoms with Gasteiger partial charge in [-0.15, -0.1) is 11.7 Å². The first-order valence-corrected chi connectivity index (χ1v) is 15.3. The maximum Gasteiger partial charge on any atom is 0.242 e. The van der Waals surface area contributed by atoms with Crippen molar-refractivity contribution in [3.05, 3.63) is 0 Å². The lowest BCUT2D eigenvalue weighted by Crippen LogP contribution is -2.44. The molecule has 0 aliphatic carbocycles. The van der Waals surface area contributed by atoms with Crippen LogP contribution in [-0.2, 0) is 23.7 Å². The third-order valence-corrected chi connectivity index (χ3v) is 8.08. The first-order valence-electron chi connectivity index (χ1n) is 10.1. The summed E-state index contributed by atoms with van der Waals surface area (Å²) in [7, 11) is 0.542. The molecule has 0 radical (unpaired) electrons. The fourth-order valence-electron chi connectivity index (χ4n) is 2.44. The van der Waals surface area contributed by atoms with E-state index in [4.69, 9.17) is 4.52 Å². The Kier molecular flexibility index (Phi) is 16.8. The van der Waals surface area contributed by atoms with E-state index < -0.39 is 13.6 Å². The van der Waals surface area contributed by atoms with Crippen LogP contribution in [0, 0.1) is 5.41 Å². The standard InChI is InChI=1S/C19H36N3O5PS3/c1-6-15(30-5)17(25)22(14-23)10-9-20-18(26)19(2,3)8-11-28(4)27-13-21-16(24)7-12-31-29/h14-15,29H,6-13H2,1-5H3,(H,20,26)(H,21,24). The second kappa shape index (κ2) is 17.1. The number of imide groups is 1. The molecule has 4 amide bonds. The molecule has 0 saturated carbocycles. The Morgan fingerprint density at radius 3 is 2.52 bits per heavy atom. The van der Waals surface area contributed by atoms with Crippen LogP contribution in [0.15, 0.2) is 0 Å². The van der Waals surface area contributed by atoms with Crippen molar-refractivity contribution in [1.29, 1.82) is 0 Å². The molecule has 0 spiro atoms.